The molecule has 0 heterocycles. The minimum absolute atomic E-state index is 0. The molecule has 0 amide bonds. The van der Waals surface area contributed by atoms with Crippen molar-refractivity contribution in [3.05, 3.63) is 0 Å². The first-order valence-corrected chi connectivity index (χ1v) is 5.52. The second-order valence-electron chi connectivity index (χ2n) is 3.55. The van der Waals surface area contributed by atoms with Crippen molar-refractivity contribution < 1.29 is 29.1 Å². The van der Waals surface area contributed by atoms with Crippen molar-refractivity contribution in [2.75, 3.05) is 6.61 Å². The second-order valence-corrected chi connectivity index (χ2v) is 3.55. The number of hydrogen-bond acceptors (Lipinski definition) is 1. The van der Waals surface area contributed by atoms with Crippen LogP contribution in [0.1, 0.15) is 64.7 Å². The average molecular weight is 241 g/mol. The molecule has 0 aliphatic heterocycles. The van der Waals surface area contributed by atoms with Crippen LogP contribution in [0.15, 0.2) is 0 Å². The van der Waals surface area contributed by atoms with Gasteiger partial charge in [0.1, 0.15) is 0 Å². The Morgan fingerprint density at radius 2 is 1.07 bits per heavy atom. The first-order valence-electron chi connectivity index (χ1n) is 5.52. The van der Waals surface area contributed by atoms with Crippen molar-refractivity contribution in [2.24, 2.45) is 0 Å². The van der Waals surface area contributed by atoms with Crippen LogP contribution < -0.4 is 0 Å². The van der Waals surface area contributed by atoms with Gasteiger partial charge in [-0.15, -0.1) is 0 Å². The molecular formula is C11H26O2V. The first kappa shape index (κ1) is 20.0. The van der Waals surface area contributed by atoms with Gasteiger partial charge in [-0.05, 0) is 6.42 Å². The van der Waals surface area contributed by atoms with Crippen LogP contribution in [-0.2, 0) is 18.6 Å². The van der Waals surface area contributed by atoms with Gasteiger partial charge in [0.05, 0.1) is 0 Å². The molecule has 14 heavy (non-hydrogen) atoms. The Balaban J connectivity index is -0.000000605. The molecule has 0 aromatic heterocycles. The number of rotatable bonds is 9. The zero-order valence-electron chi connectivity index (χ0n) is 9.47. The van der Waals surface area contributed by atoms with Gasteiger partial charge < -0.3 is 10.6 Å². The smallest absolute Gasteiger partial charge is 0.0431 e. The molecule has 0 rings (SSSR count). The predicted octanol–water partition coefficient (Wildman–Crippen LogP) is 2.68. The third kappa shape index (κ3) is 18.3. The standard InChI is InChI=1S/C11H24O.H2O.V/c1-2-3-4-5-6-7-8-9-10-11-12;;/h12H,2-11H2,1H3;1H2;. The molecule has 2 nitrogen and oxygen atoms in total. The van der Waals surface area contributed by atoms with E-state index in [1.807, 2.05) is 0 Å². The predicted molar refractivity (Wildman–Crippen MR) is 57.9 cm³/mol. The Hall–Kier alpha value is 0.504. The van der Waals surface area contributed by atoms with Gasteiger partial charge in [0.25, 0.3) is 0 Å². The minimum Gasteiger partial charge on any atom is -0.412 e. The average Bonchev–Trinajstić information content (AvgIpc) is 2.10. The molecule has 0 saturated carbocycles. The summed E-state index contributed by atoms with van der Waals surface area (Å²) in [5, 5.41) is 8.54. The summed E-state index contributed by atoms with van der Waals surface area (Å²) in [6, 6.07) is 0. The van der Waals surface area contributed by atoms with Crippen LogP contribution in [0.5, 0.6) is 0 Å². The van der Waals surface area contributed by atoms with Gasteiger partial charge in [-0.3, -0.25) is 0 Å². The van der Waals surface area contributed by atoms with Gasteiger partial charge in [-0.25, -0.2) is 0 Å². The maximum absolute atomic E-state index is 8.54. The van der Waals surface area contributed by atoms with E-state index in [2.05, 4.69) is 6.92 Å². The fourth-order valence-corrected chi connectivity index (χ4v) is 1.42. The van der Waals surface area contributed by atoms with Crippen LogP contribution in [0.2, 0.25) is 0 Å². The van der Waals surface area contributed by atoms with Gasteiger partial charge in [0, 0.05) is 25.2 Å². The van der Waals surface area contributed by atoms with Crippen LogP contribution in [-0.4, -0.2) is 17.2 Å². The van der Waals surface area contributed by atoms with Crippen molar-refractivity contribution in [1.29, 1.82) is 0 Å². The van der Waals surface area contributed by atoms with Gasteiger partial charge in [-0.1, -0.05) is 58.3 Å². The maximum atomic E-state index is 8.54. The van der Waals surface area contributed by atoms with Crippen LogP contribution in [0.3, 0.4) is 0 Å². The minimum atomic E-state index is 0. The summed E-state index contributed by atoms with van der Waals surface area (Å²) < 4.78 is 0. The number of aliphatic hydroxyl groups is 1. The summed E-state index contributed by atoms with van der Waals surface area (Å²) in [5.74, 6) is 0. The Morgan fingerprint density at radius 1 is 0.714 bits per heavy atom. The van der Waals surface area contributed by atoms with Crippen molar-refractivity contribution in [2.45, 2.75) is 64.7 Å². The van der Waals surface area contributed by atoms with E-state index in [4.69, 9.17) is 5.11 Å². The van der Waals surface area contributed by atoms with Crippen LogP contribution >= 0.6 is 0 Å². The van der Waals surface area contributed by atoms with E-state index in [1.165, 1.54) is 51.4 Å². The Labute approximate surface area is 101 Å². The van der Waals surface area contributed by atoms with E-state index in [-0.39, 0.29) is 24.0 Å². The third-order valence-corrected chi connectivity index (χ3v) is 2.26. The van der Waals surface area contributed by atoms with E-state index < -0.39 is 0 Å². The van der Waals surface area contributed by atoms with Gasteiger partial charge in [-0.2, -0.15) is 0 Å². The van der Waals surface area contributed by atoms with Crippen molar-refractivity contribution in [3.8, 4) is 0 Å². The second kappa shape index (κ2) is 19.1. The summed E-state index contributed by atoms with van der Waals surface area (Å²) >= 11 is 0. The van der Waals surface area contributed by atoms with Gasteiger partial charge in [0.15, 0.2) is 0 Å². The quantitative estimate of drug-likeness (QED) is 0.620. The molecule has 0 atom stereocenters. The molecule has 0 saturated heterocycles. The van der Waals surface area contributed by atoms with E-state index in [0.717, 1.165) is 6.42 Å². The maximum Gasteiger partial charge on any atom is 0.0431 e. The molecule has 0 fully saturated rings. The Bertz CT molecular complexity index is 69.7. The molecule has 0 bridgehead atoms. The number of unbranched alkanes of at least 4 members (excludes halogenated alkanes) is 8. The van der Waals surface area contributed by atoms with Gasteiger partial charge in [0.2, 0.25) is 0 Å². The van der Waals surface area contributed by atoms with E-state index in [9.17, 15) is 0 Å². The van der Waals surface area contributed by atoms with E-state index in [0.29, 0.717) is 6.61 Å². The third-order valence-electron chi connectivity index (χ3n) is 2.26. The van der Waals surface area contributed by atoms with Crippen molar-refractivity contribution in [1.82, 2.24) is 0 Å². The SMILES string of the molecule is CCCCCCCCCCCO.O.[V]. The monoisotopic (exact) mass is 241 g/mol. The summed E-state index contributed by atoms with van der Waals surface area (Å²) in [4.78, 5) is 0. The molecule has 3 heteroatoms. The molecule has 0 aromatic rings. The Morgan fingerprint density at radius 3 is 1.43 bits per heavy atom. The van der Waals surface area contributed by atoms with Crippen molar-refractivity contribution >= 4 is 0 Å². The zero-order valence-corrected chi connectivity index (χ0v) is 10.9. The summed E-state index contributed by atoms with van der Waals surface area (Å²) in [7, 11) is 0. The molecule has 3 N–H and O–H groups in total. The summed E-state index contributed by atoms with van der Waals surface area (Å²) in [6.07, 6.45) is 11.8. The normalized spacial score (nSPS) is 9.00. The summed E-state index contributed by atoms with van der Waals surface area (Å²) in [6.45, 7) is 2.62. The van der Waals surface area contributed by atoms with Crippen LogP contribution in [0.4, 0.5) is 0 Å². The zero-order chi connectivity index (χ0) is 9.07. The molecule has 0 aliphatic carbocycles. The van der Waals surface area contributed by atoms with Gasteiger partial charge >= 0.3 is 0 Å². The number of aliphatic hydroxyl groups excluding tert-OH is 1. The van der Waals surface area contributed by atoms with E-state index in [1.54, 1.807) is 0 Å². The van der Waals surface area contributed by atoms with Crippen LogP contribution in [0, 0.1) is 0 Å². The molecule has 1 radical (unpaired) electrons. The summed E-state index contributed by atoms with van der Waals surface area (Å²) in [5.41, 5.74) is 0. The molecule has 0 aromatic carbocycles. The molecule has 0 unspecified atom stereocenters. The van der Waals surface area contributed by atoms with E-state index >= 15 is 0 Å². The Kier molecular flexibility index (Phi) is 27.3. The molecule has 0 spiro atoms. The fourth-order valence-electron chi connectivity index (χ4n) is 1.42. The molecular weight excluding hydrogens is 215 g/mol. The van der Waals surface area contributed by atoms with Crippen molar-refractivity contribution in [3.63, 3.8) is 0 Å². The topological polar surface area (TPSA) is 51.7 Å². The number of hydrogen-bond donors (Lipinski definition) is 1. The fraction of sp³-hybridized carbons (Fsp3) is 1.00. The first-order chi connectivity index (χ1) is 5.91. The molecule has 87 valence electrons. The largest absolute Gasteiger partial charge is 0.412 e. The van der Waals surface area contributed by atoms with Crippen LogP contribution in [0.25, 0.3) is 0 Å². The molecule has 0 aliphatic rings.